The van der Waals surface area contributed by atoms with Crippen LogP contribution in [0.2, 0.25) is 0 Å². The van der Waals surface area contributed by atoms with Crippen LogP contribution in [0.15, 0.2) is 18.2 Å². The molecule has 1 aromatic rings. The Morgan fingerprint density at radius 1 is 1.44 bits per heavy atom. The van der Waals surface area contributed by atoms with E-state index >= 15 is 0 Å². The molecule has 1 aromatic carbocycles. The Labute approximate surface area is 95.7 Å². The van der Waals surface area contributed by atoms with Crippen molar-refractivity contribution in [1.82, 2.24) is 0 Å². The van der Waals surface area contributed by atoms with E-state index in [9.17, 15) is 4.79 Å². The summed E-state index contributed by atoms with van der Waals surface area (Å²) in [6, 6.07) is 7.95. The number of hydrogen-bond donors (Lipinski definition) is 0. The summed E-state index contributed by atoms with van der Waals surface area (Å²) in [4.78, 5) is 11.2. The Hall–Kier alpha value is -1.82. The number of rotatable bonds is 4. The highest BCUT2D eigenvalue weighted by atomic mass is 16.5. The molecule has 0 saturated heterocycles. The summed E-state index contributed by atoms with van der Waals surface area (Å²) in [6.45, 7) is 1.98. The van der Waals surface area contributed by atoms with Crippen molar-refractivity contribution < 1.29 is 9.53 Å². The summed E-state index contributed by atoms with van der Waals surface area (Å²) >= 11 is 0. The SMILES string of the molecule is COC(=O)Cc1cccc(CCC#N)c1C. The lowest BCUT2D eigenvalue weighted by atomic mass is 9.97. The van der Waals surface area contributed by atoms with Crippen LogP contribution >= 0.6 is 0 Å². The average molecular weight is 217 g/mol. The van der Waals surface area contributed by atoms with Gasteiger partial charge in [0.15, 0.2) is 0 Å². The first-order chi connectivity index (χ1) is 7.69. The summed E-state index contributed by atoms with van der Waals surface area (Å²) in [5, 5.41) is 8.55. The van der Waals surface area contributed by atoms with E-state index in [1.165, 1.54) is 7.11 Å². The first-order valence-corrected chi connectivity index (χ1v) is 5.20. The predicted octanol–water partition coefficient (Wildman–Crippen LogP) is 2.17. The summed E-state index contributed by atoms with van der Waals surface area (Å²) in [7, 11) is 1.39. The van der Waals surface area contributed by atoms with Gasteiger partial charge in [-0.1, -0.05) is 18.2 Å². The van der Waals surface area contributed by atoms with Crippen molar-refractivity contribution in [3.63, 3.8) is 0 Å². The first kappa shape index (κ1) is 12.3. The average Bonchev–Trinajstić information content (AvgIpc) is 2.30. The highest BCUT2D eigenvalue weighted by Gasteiger charge is 2.08. The second-order valence-electron chi connectivity index (χ2n) is 3.61. The fourth-order valence-electron chi connectivity index (χ4n) is 1.62. The molecule has 0 amide bonds. The van der Waals surface area contributed by atoms with Crippen LogP contribution in [0.4, 0.5) is 0 Å². The molecule has 0 saturated carbocycles. The highest BCUT2D eigenvalue weighted by molar-refractivity contribution is 5.73. The van der Waals surface area contributed by atoms with Gasteiger partial charge in [-0.3, -0.25) is 4.79 Å². The van der Waals surface area contributed by atoms with Gasteiger partial charge < -0.3 is 4.74 Å². The second kappa shape index (κ2) is 5.92. The zero-order valence-electron chi connectivity index (χ0n) is 9.62. The molecule has 0 N–H and O–H groups in total. The van der Waals surface area contributed by atoms with E-state index in [2.05, 4.69) is 10.8 Å². The standard InChI is InChI=1S/C13H15NO2/c1-10-11(7-4-8-14)5-3-6-12(10)9-13(15)16-2/h3,5-6H,4,7,9H2,1-2H3. The van der Waals surface area contributed by atoms with Crippen molar-refractivity contribution in [2.45, 2.75) is 26.2 Å². The maximum absolute atomic E-state index is 11.2. The molecule has 84 valence electrons. The Morgan fingerprint density at radius 3 is 2.75 bits per heavy atom. The minimum atomic E-state index is -0.236. The number of nitrogens with zero attached hydrogens (tertiary/aromatic N) is 1. The molecule has 0 aliphatic heterocycles. The quantitative estimate of drug-likeness (QED) is 0.726. The van der Waals surface area contributed by atoms with Crippen LogP contribution in [0.25, 0.3) is 0 Å². The lowest BCUT2D eigenvalue weighted by Crippen LogP contribution is -2.06. The smallest absolute Gasteiger partial charge is 0.309 e. The van der Waals surface area contributed by atoms with Crippen LogP contribution in [0, 0.1) is 18.3 Å². The number of esters is 1. The zero-order chi connectivity index (χ0) is 12.0. The minimum Gasteiger partial charge on any atom is -0.469 e. The summed E-state index contributed by atoms with van der Waals surface area (Å²) in [6.07, 6.45) is 1.53. The Bertz CT molecular complexity index is 418. The maximum Gasteiger partial charge on any atom is 0.309 e. The lowest BCUT2D eigenvalue weighted by molar-refractivity contribution is -0.139. The molecule has 0 radical (unpaired) electrons. The van der Waals surface area contributed by atoms with Crippen LogP contribution < -0.4 is 0 Å². The van der Waals surface area contributed by atoms with Gasteiger partial charge in [0.2, 0.25) is 0 Å². The highest BCUT2D eigenvalue weighted by Crippen LogP contribution is 2.16. The topological polar surface area (TPSA) is 50.1 Å². The van der Waals surface area contributed by atoms with Crippen LogP contribution in [0.1, 0.15) is 23.1 Å². The largest absolute Gasteiger partial charge is 0.469 e. The van der Waals surface area contributed by atoms with Crippen LogP contribution in [0.3, 0.4) is 0 Å². The second-order valence-corrected chi connectivity index (χ2v) is 3.61. The molecule has 0 unspecified atom stereocenters. The fourth-order valence-corrected chi connectivity index (χ4v) is 1.62. The van der Waals surface area contributed by atoms with E-state index in [1.54, 1.807) is 0 Å². The molecule has 0 spiro atoms. The molecule has 3 heteroatoms. The number of hydrogen-bond acceptors (Lipinski definition) is 3. The van der Waals surface area contributed by atoms with Gasteiger partial charge in [-0.2, -0.15) is 5.26 Å². The van der Waals surface area contributed by atoms with Gasteiger partial charge in [-0.05, 0) is 30.0 Å². The summed E-state index contributed by atoms with van der Waals surface area (Å²) in [5.41, 5.74) is 3.19. The van der Waals surface area contributed by atoms with Crippen LogP contribution in [-0.2, 0) is 22.4 Å². The van der Waals surface area contributed by atoms with Crippen molar-refractivity contribution in [2.24, 2.45) is 0 Å². The third-order valence-corrected chi connectivity index (χ3v) is 2.63. The molecule has 0 heterocycles. The number of carbonyl (C=O) groups excluding carboxylic acids is 1. The van der Waals surface area contributed by atoms with Crippen molar-refractivity contribution in [1.29, 1.82) is 5.26 Å². The molecule has 1 rings (SSSR count). The van der Waals surface area contributed by atoms with Gasteiger partial charge in [0.05, 0.1) is 19.6 Å². The number of aryl methyl sites for hydroxylation is 1. The third-order valence-electron chi connectivity index (χ3n) is 2.63. The van der Waals surface area contributed by atoms with Gasteiger partial charge in [0.1, 0.15) is 0 Å². The van der Waals surface area contributed by atoms with Crippen molar-refractivity contribution in [3.05, 3.63) is 34.9 Å². The van der Waals surface area contributed by atoms with Gasteiger partial charge >= 0.3 is 5.97 Å². The van der Waals surface area contributed by atoms with Gasteiger partial charge in [0, 0.05) is 6.42 Å². The van der Waals surface area contributed by atoms with Crippen LogP contribution in [-0.4, -0.2) is 13.1 Å². The molecular weight excluding hydrogens is 202 g/mol. The van der Waals surface area contributed by atoms with Gasteiger partial charge in [-0.15, -0.1) is 0 Å². The number of methoxy groups -OCH3 is 1. The number of nitriles is 1. The monoisotopic (exact) mass is 217 g/mol. The molecule has 0 atom stereocenters. The van der Waals surface area contributed by atoms with E-state index in [1.807, 2.05) is 25.1 Å². The molecule has 16 heavy (non-hydrogen) atoms. The Kier molecular flexibility index (Phi) is 4.53. The predicted molar refractivity (Wildman–Crippen MR) is 60.8 cm³/mol. The fraction of sp³-hybridized carbons (Fsp3) is 0.385. The molecular formula is C13H15NO2. The first-order valence-electron chi connectivity index (χ1n) is 5.20. The Morgan fingerprint density at radius 2 is 2.12 bits per heavy atom. The lowest BCUT2D eigenvalue weighted by Gasteiger charge is -2.09. The van der Waals surface area contributed by atoms with E-state index in [0.717, 1.165) is 23.1 Å². The third kappa shape index (κ3) is 3.09. The van der Waals surface area contributed by atoms with Crippen molar-refractivity contribution in [2.75, 3.05) is 7.11 Å². The van der Waals surface area contributed by atoms with Crippen LogP contribution in [0.5, 0.6) is 0 Å². The van der Waals surface area contributed by atoms with Gasteiger partial charge in [-0.25, -0.2) is 0 Å². The van der Waals surface area contributed by atoms with Crippen molar-refractivity contribution in [3.8, 4) is 6.07 Å². The van der Waals surface area contributed by atoms with Gasteiger partial charge in [0.25, 0.3) is 0 Å². The molecule has 0 aromatic heterocycles. The van der Waals surface area contributed by atoms with E-state index in [-0.39, 0.29) is 5.97 Å². The van der Waals surface area contributed by atoms with E-state index in [4.69, 9.17) is 5.26 Å². The number of benzene rings is 1. The van der Waals surface area contributed by atoms with E-state index < -0.39 is 0 Å². The zero-order valence-corrected chi connectivity index (χ0v) is 9.62. The maximum atomic E-state index is 11.2. The summed E-state index contributed by atoms with van der Waals surface area (Å²) in [5.74, 6) is -0.236. The normalized spacial score (nSPS) is 9.56. The molecule has 0 bridgehead atoms. The molecule has 0 fully saturated rings. The molecule has 0 aliphatic carbocycles. The molecule has 0 aliphatic rings. The summed E-state index contributed by atoms with van der Waals surface area (Å²) < 4.78 is 4.64. The number of carbonyl (C=O) groups is 1. The minimum absolute atomic E-state index is 0.236. The Balaban J connectivity index is 2.86. The van der Waals surface area contributed by atoms with Crippen molar-refractivity contribution >= 4 is 5.97 Å². The number of ether oxygens (including phenoxy) is 1. The molecule has 3 nitrogen and oxygen atoms in total. The van der Waals surface area contributed by atoms with E-state index in [0.29, 0.717) is 12.8 Å².